The lowest BCUT2D eigenvalue weighted by Crippen LogP contribution is -2.56. The minimum Gasteiger partial charge on any atom is -0.311 e. The summed E-state index contributed by atoms with van der Waals surface area (Å²) in [4.78, 5) is 0. The monoisotopic (exact) mass is 234 g/mol. The summed E-state index contributed by atoms with van der Waals surface area (Å²) in [5, 5.41) is 3.28. The van der Waals surface area contributed by atoms with Gasteiger partial charge in [-0.15, -0.1) is 0 Å². The minimum absolute atomic E-state index is 0.0862. The van der Waals surface area contributed by atoms with Crippen LogP contribution in [-0.4, -0.2) is 43.6 Å². The van der Waals surface area contributed by atoms with Gasteiger partial charge in [0.2, 0.25) is 10.0 Å². The van der Waals surface area contributed by atoms with Crippen molar-refractivity contribution < 1.29 is 8.42 Å². The molecule has 2 unspecified atom stereocenters. The molecule has 2 atom stereocenters. The highest BCUT2D eigenvalue weighted by atomic mass is 32.2. The van der Waals surface area contributed by atoms with Crippen LogP contribution in [0, 0.1) is 0 Å². The lowest BCUT2D eigenvalue weighted by Gasteiger charge is -2.36. The molecular formula is C10H22N2O2S. The summed E-state index contributed by atoms with van der Waals surface area (Å²) in [5.74, 6) is 0.292. The highest BCUT2D eigenvalue weighted by molar-refractivity contribution is 7.89. The van der Waals surface area contributed by atoms with Crippen LogP contribution in [0.5, 0.6) is 0 Å². The minimum atomic E-state index is -3.03. The topological polar surface area (TPSA) is 49.4 Å². The lowest BCUT2D eigenvalue weighted by molar-refractivity contribution is 0.244. The Kier molecular flexibility index (Phi) is 4.55. The molecule has 1 fully saturated rings. The zero-order valence-electron chi connectivity index (χ0n) is 9.86. The van der Waals surface area contributed by atoms with Crippen LogP contribution in [0.15, 0.2) is 0 Å². The SMILES string of the molecule is CCCCS(=O)(=O)N1CC(C)NCC1C. The highest BCUT2D eigenvalue weighted by Gasteiger charge is 2.31. The Morgan fingerprint density at radius 2 is 2.07 bits per heavy atom. The van der Waals surface area contributed by atoms with E-state index in [0.29, 0.717) is 12.3 Å². The fraction of sp³-hybridized carbons (Fsp3) is 1.00. The summed E-state index contributed by atoms with van der Waals surface area (Å²) >= 11 is 0. The van der Waals surface area contributed by atoms with Gasteiger partial charge in [-0.2, -0.15) is 4.31 Å². The van der Waals surface area contributed by atoms with E-state index >= 15 is 0 Å². The van der Waals surface area contributed by atoms with Crippen LogP contribution >= 0.6 is 0 Å². The van der Waals surface area contributed by atoms with Gasteiger partial charge in [0.15, 0.2) is 0 Å². The fourth-order valence-electron chi connectivity index (χ4n) is 1.82. The van der Waals surface area contributed by atoms with E-state index in [1.54, 1.807) is 4.31 Å². The van der Waals surface area contributed by atoms with E-state index in [9.17, 15) is 8.42 Å². The van der Waals surface area contributed by atoms with Crippen molar-refractivity contribution in [2.75, 3.05) is 18.8 Å². The van der Waals surface area contributed by atoms with Crippen LogP contribution in [-0.2, 0) is 10.0 Å². The first-order valence-electron chi connectivity index (χ1n) is 5.70. The quantitative estimate of drug-likeness (QED) is 0.783. The van der Waals surface area contributed by atoms with Crippen molar-refractivity contribution in [1.82, 2.24) is 9.62 Å². The molecule has 90 valence electrons. The first kappa shape index (κ1) is 12.9. The maximum absolute atomic E-state index is 12.0. The Hall–Kier alpha value is -0.130. The van der Waals surface area contributed by atoms with Crippen molar-refractivity contribution in [3.05, 3.63) is 0 Å². The maximum Gasteiger partial charge on any atom is 0.214 e. The van der Waals surface area contributed by atoms with Gasteiger partial charge in [-0.25, -0.2) is 8.42 Å². The summed E-state index contributed by atoms with van der Waals surface area (Å²) in [6.07, 6.45) is 1.68. The van der Waals surface area contributed by atoms with Crippen molar-refractivity contribution >= 4 is 10.0 Å². The molecule has 0 aliphatic carbocycles. The first-order valence-corrected chi connectivity index (χ1v) is 7.31. The molecule has 4 nitrogen and oxygen atoms in total. The van der Waals surface area contributed by atoms with Crippen LogP contribution < -0.4 is 5.32 Å². The molecule has 0 amide bonds. The normalized spacial score (nSPS) is 29.3. The molecule has 0 aromatic heterocycles. The van der Waals surface area contributed by atoms with Crippen molar-refractivity contribution in [2.45, 2.75) is 45.7 Å². The molecule has 1 heterocycles. The molecule has 0 saturated carbocycles. The van der Waals surface area contributed by atoms with Gasteiger partial charge in [0.05, 0.1) is 5.75 Å². The lowest BCUT2D eigenvalue weighted by atomic mass is 10.2. The summed E-state index contributed by atoms with van der Waals surface area (Å²) in [6, 6.07) is 0.348. The Morgan fingerprint density at radius 3 is 2.67 bits per heavy atom. The standard InChI is InChI=1S/C10H22N2O2S/c1-4-5-6-15(13,14)12-8-9(2)11-7-10(12)3/h9-11H,4-8H2,1-3H3. The summed E-state index contributed by atoms with van der Waals surface area (Å²) in [5.41, 5.74) is 0. The highest BCUT2D eigenvalue weighted by Crippen LogP contribution is 2.13. The van der Waals surface area contributed by atoms with Crippen LogP contribution in [0.1, 0.15) is 33.6 Å². The van der Waals surface area contributed by atoms with E-state index in [1.165, 1.54) is 0 Å². The average Bonchev–Trinajstić information content (AvgIpc) is 2.18. The van der Waals surface area contributed by atoms with E-state index in [4.69, 9.17) is 0 Å². The largest absolute Gasteiger partial charge is 0.311 e. The van der Waals surface area contributed by atoms with Crippen molar-refractivity contribution in [2.24, 2.45) is 0 Å². The average molecular weight is 234 g/mol. The molecule has 15 heavy (non-hydrogen) atoms. The number of unbranched alkanes of at least 4 members (excludes halogenated alkanes) is 1. The second kappa shape index (κ2) is 5.27. The van der Waals surface area contributed by atoms with Gasteiger partial charge in [0.1, 0.15) is 0 Å². The Morgan fingerprint density at radius 1 is 1.40 bits per heavy atom. The van der Waals surface area contributed by atoms with Crippen LogP contribution in [0.2, 0.25) is 0 Å². The third kappa shape index (κ3) is 3.43. The molecule has 1 aliphatic heterocycles. The Balaban J connectivity index is 2.67. The van der Waals surface area contributed by atoms with Gasteiger partial charge in [0.25, 0.3) is 0 Å². The van der Waals surface area contributed by atoms with E-state index in [-0.39, 0.29) is 12.1 Å². The molecule has 1 aliphatic rings. The summed E-state index contributed by atoms with van der Waals surface area (Å²) in [7, 11) is -3.03. The fourth-order valence-corrected chi connectivity index (χ4v) is 3.78. The third-order valence-electron chi connectivity index (χ3n) is 2.82. The maximum atomic E-state index is 12.0. The van der Waals surface area contributed by atoms with Gasteiger partial charge in [0, 0.05) is 25.2 Å². The van der Waals surface area contributed by atoms with Crippen molar-refractivity contribution in [3.8, 4) is 0 Å². The number of rotatable bonds is 4. The van der Waals surface area contributed by atoms with Crippen LogP contribution in [0.3, 0.4) is 0 Å². The van der Waals surface area contributed by atoms with Gasteiger partial charge in [-0.1, -0.05) is 13.3 Å². The number of sulfonamides is 1. The van der Waals surface area contributed by atoms with E-state index in [0.717, 1.165) is 19.4 Å². The predicted octanol–water partition coefficient (Wildman–Crippen LogP) is 0.798. The Bertz CT molecular complexity index is 290. The summed E-state index contributed by atoms with van der Waals surface area (Å²) < 4.78 is 25.7. The molecule has 0 aromatic carbocycles. The molecule has 5 heteroatoms. The zero-order chi connectivity index (χ0) is 11.5. The van der Waals surface area contributed by atoms with Crippen molar-refractivity contribution in [1.29, 1.82) is 0 Å². The zero-order valence-corrected chi connectivity index (χ0v) is 10.7. The smallest absolute Gasteiger partial charge is 0.214 e. The van der Waals surface area contributed by atoms with Gasteiger partial charge < -0.3 is 5.32 Å². The molecule has 1 rings (SSSR count). The van der Waals surface area contributed by atoms with E-state index in [2.05, 4.69) is 5.32 Å². The molecule has 0 aromatic rings. The molecule has 1 saturated heterocycles. The van der Waals surface area contributed by atoms with E-state index in [1.807, 2.05) is 20.8 Å². The number of hydrogen-bond acceptors (Lipinski definition) is 3. The van der Waals surface area contributed by atoms with E-state index < -0.39 is 10.0 Å². The summed E-state index contributed by atoms with van der Waals surface area (Å²) in [6.45, 7) is 7.36. The van der Waals surface area contributed by atoms with Crippen molar-refractivity contribution in [3.63, 3.8) is 0 Å². The van der Waals surface area contributed by atoms with Gasteiger partial charge in [-0.3, -0.25) is 0 Å². The predicted molar refractivity (Wildman–Crippen MR) is 62.3 cm³/mol. The first-order chi connectivity index (χ1) is 6.97. The molecular weight excluding hydrogens is 212 g/mol. The molecule has 0 spiro atoms. The van der Waals surface area contributed by atoms with Gasteiger partial charge >= 0.3 is 0 Å². The second-order valence-corrected chi connectivity index (χ2v) is 6.44. The molecule has 0 bridgehead atoms. The Labute approximate surface area is 93.1 Å². The second-order valence-electron chi connectivity index (χ2n) is 4.40. The van der Waals surface area contributed by atoms with Crippen LogP contribution in [0.25, 0.3) is 0 Å². The number of nitrogens with zero attached hydrogens (tertiary/aromatic N) is 1. The third-order valence-corrected chi connectivity index (χ3v) is 4.85. The number of hydrogen-bond donors (Lipinski definition) is 1. The molecule has 0 radical (unpaired) electrons. The van der Waals surface area contributed by atoms with Crippen LogP contribution in [0.4, 0.5) is 0 Å². The van der Waals surface area contributed by atoms with Gasteiger partial charge in [-0.05, 0) is 20.3 Å². The molecule has 1 N–H and O–H groups in total. The number of nitrogens with one attached hydrogen (secondary N) is 1. The number of piperazine rings is 1.